The van der Waals surface area contributed by atoms with E-state index in [2.05, 4.69) is 5.32 Å². The van der Waals surface area contributed by atoms with Crippen LogP contribution in [0.25, 0.3) is 5.57 Å². The average Bonchev–Trinajstić information content (AvgIpc) is 3.32. The average molecular weight is 439 g/mol. The van der Waals surface area contributed by atoms with Gasteiger partial charge in [0, 0.05) is 9.90 Å². The Morgan fingerprint density at radius 2 is 1.83 bits per heavy atom. The van der Waals surface area contributed by atoms with Gasteiger partial charge in [0.05, 0.1) is 24.1 Å². The van der Waals surface area contributed by atoms with Crippen LogP contribution in [-0.2, 0) is 9.59 Å². The van der Waals surface area contributed by atoms with Gasteiger partial charge in [0.25, 0.3) is 11.8 Å². The molecule has 2 amide bonds. The monoisotopic (exact) mass is 438 g/mol. The van der Waals surface area contributed by atoms with Crippen LogP contribution in [0.1, 0.15) is 16.0 Å². The predicted octanol–water partition coefficient (Wildman–Crippen LogP) is 5.42. The molecular formula is C23H19ClN2O3S. The fourth-order valence-corrected chi connectivity index (χ4v) is 4.25. The Bertz CT molecular complexity index is 1190. The van der Waals surface area contributed by atoms with Gasteiger partial charge in [0.15, 0.2) is 0 Å². The highest BCUT2D eigenvalue weighted by molar-refractivity contribution is 7.11. The number of imide groups is 1. The molecule has 0 atom stereocenters. The maximum Gasteiger partial charge on any atom is 0.282 e. The van der Waals surface area contributed by atoms with Gasteiger partial charge in [-0.25, -0.2) is 4.90 Å². The van der Waals surface area contributed by atoms with Crippen LogP contribution < -0.4 is 15.0 Å². The molecule has 0 spiro atoms. The minimum Gasteiger partial charge on any atom is -0.495 e. The Kier molecular flexibility index (Phi) is 5.37. The van der Waals surface area contributed by atoms with E-state index in [0.717, 1.165) is 16.0 Å². The third-order valence-corrected chi connectivity index (χ3v) is 6.17. The molecule has 0 saturated carbocycles. The third kappa shape index (κ3) is 3.49. The Labute approximate surface area is 183 Å². The van der Waals surface area contributed by atoms with Crippen LogP contribution in [0.4, 0.5) is 11.4 Å². The lowest BCUT2D eigenvalue weighted by molar-refractivity contribution is -0.120. The number of nitrogens with zero attached hydrogens (tertiary/aromatic N) is 1. The summed E-state index contributed by atoms with van der Waals surface area (Å²) in [6.45, 7) is 3.81. The van der Waals surface area contributed by atoms with Crippen molar-refractivity contribution in [1.82, 2.24) is 0 Å². The second-order valence-corrected chi connectivity index (χ2v) is 8.29. The zero-order valence-corrected chi connectivity index (χ0v) is 18.2. The third-order valence-electron chi connectivity index (χ3n) is 4.88. The summed E-state index contributed by atoms with van der Waals surface area (Å²) in [6.07, 6.45) is 0. The number of benzene rings is 2. The van der Waals surface area contributed by atoms with E-state index in [4.69, 9.17) is 16.3 Å². The summed E-state index contributed by atoms with van der Waals surface area (Å²) in [5.74, 6) is -0.251. The molecule has 1 aliphatic heterocycles. The molecule has 5 nitrogen and oxygen atoms in total. The van der Waals surface area contributed by atoms with Crippen LogP contribution in [0, 0.1) is 13.8 Å². The number of hydrogen-bond donors (Lipinski definition) is 1. The first-order valence-corrected chi connectivity index (χ1v) is 10.5. The van der Waals surface area contributed by atoms with Gasteiger partial charge >= 0.3 is 0 Å². The van der Waals surface area contributed by atoms with Crippen LogP contribution in [0.2, 0.25) is 5.02 Å². The normalized spacial score (nSPS) is 13.9. The molecule has 0 unspecified atom stereocenters. The molecule has 152 valence electrons. The highest BCUT2D eigenvalue weighted by Crippen LogP contribution is 2.38. The lowest BCUT2D eigenvalue weighted by atomic mass is 10.1. The van der Waals surface area contributed by atoms with Gasteiger partial charge in [-0.2, -0.15) is 0 Å². The van der Waals surface area contributed by atoms with Crippen molar-refractivity contribution in [2.24, 2.45) is 0 Å². The largest absolute Gasteiger partial charge is 0.495 e. The quantitative estimate of drug-likeness (QED) is 0.540. The molecule has 0 saturated heterocycles. The Morgan fingerprint density at radius 3 is 2.50 bits per heavy atom. The number of halogens is 1. The molecule has 0 fully saturated rings. The first kappa shape index (κ1) is 20.2. The van der Waals surface area contributed by atoms with Crippen molar-refractivity contribution in [3.8, 4) is 5.75 Å². The maximum absolute atomic E-state index is 13.4. The molecule has 0 radical (unpaired) electrons. The van der Waals surface area contributed by atoms with Gasteiger partial charge < -0.3 is 10.1 Å². The first-order valence-electron chi connectivity index (χ1n) is 9.25. The SMILES string of the molecule is COc1ccc(C)cc1NC1=C(c2cccs2)C(=O)N(c2ccc(C)c(Cl)c2)C1=O. The highest BCUT2D eigenvalue weighted by atomic mass is 35.5. The lowest BCUT2D eigenvalue weighted by Crippen LogP contribution is -2.32. The molecule has 1 aromatic heterocycles. The van der Waals surface area contributed by atoms with E-state index in [9.17, 15) is 9.59 Å². The van der Waals surface area contributed by atoms with Crippen molar-refractivity contribution in [2.75, 3.05) is 17.3 Å². The van der Waals surface area contributed by atoms with Gasteiger partial charge in [-0.1, -0.05) is 29.8 Å². The van der Waals surface area contributed by atoms with Gasteiger partial charge in [-0.15, -0.1) is 11.3 Å². The standard InChI is InChI=1S/C23H19ClN2O3S/c1-13-6-9-18(29-3)17(11-13)25-21-20(19-5-4-10-30-19)22(27)26(23(21)28)15-8-7-14(2)16(24)12-15/h4-12,25H,1-3H3. The van der Waals surface area contributed by atoms with Crippen LogP contribution in [0.15, 0.2) is 59.6 Å². The zero-order valence-electron chi connectivity index (χ0n) is 16.7. The van der Waals surface area contributed by atoms with E-state index >= 15 is 0 Å². The molecule has 0 aliphatic carbocycles. The number of carbonyl (C=O) groups is 2. The van der Waals surface area contributed by atoms with Crippen LogP contribution >= 0.6 is 22.9 Å². The summed E-state index contributed by atoms with van der Waals surface area (Å²) in [6, 6.07) is 14.4. The van der Waals surface area contributed by atoms with Crippen molar-refractivity contribution in [3.63, 3.8) is 0 Å². The van der Waals surface area contributed by atoms with Crippen molar-refractivity contribution >= 4 is 51.7 Å². The Hall–Kier alpha value is -3.09. The van der Waals surface area contributed by atoms with Gasteiger partial charge in [-0.05, 0) is 60.7 Å². The Morgan fingerprint density at radius 1 is 1.03 bits per heavy atom. The number of aryl methyl sites for hydroxylation is 2. The summed E-state index contributed by atoms with van der Waals surface area (Å²) in [5.41, 5.74) is 3.46. The van der Waals surface area contributed by atoms with Crippen molar-refractivity contribution < 1.29 is 14.3 Å². The van der Waals surface area contributed by atoms with E-state index in [0.29, 0.717) is 32.6 Å². The minimum absolute atomic E-state index is 0.211. The van der Waals surface area contributed by atoms with Crippen molar-refractivity contribution in [2.45, 2.75) is 13.8 Å². The second-order valence-electron chi connectivity index (χ2n) is 6.94. The Balaban J connectivity index is 1.83. The summed E-state index contributed by atoms with van der Waals surface area (Å²) in [4.78, 5) is 28.7. The molecular weight excluding hydrogens is 420 g/mol. The molecule has 1 aliphatic rings. The number of methoxy groups -OCH3 is 1. The van der Waals surface area contributed by atoms with E-state index in [1.807, 2.05) is 49.6 Å². The number of anilines is 2. The number of amides is 2. The first-order chi connectivity index (χ1) is 14.4. The van der Waals surface area contributed by atoms with Crippen LogP contribution in [-0.4, -0.2) is 18.9 Å². The number of carbonyl (C=O) groups excluding carboxylic acids is 2. The summed E-state index contributed by atoms with van der Waals surface area (Å²) < 4.78 is 5.43. The summed E-state index contributed by atoms with van der Waals surface area (Å²) in [5, 5.41) is 5.53. The van der Waals surface area contributed by atoms with Crippen molar-refractivity contribution in [3.05, 3.63) is 80.6 Å². The fraction of sp³-hybridized carbons (Fsp3) is 0.130. The topological polar surface area (TPSA) is 58.6 Å². The maximum atomic E-state index is 13.4. The smallest absolute Gasteiger partial charge is 0.282 e. The summed E-state index contributed by atoms with van der Waals surface area (Å²) >= 11 is 7.66. The molecule has 7 heteroatoms. The molecule has 30 heavy (non-hydrogen) atoms. The van der Waals surface area contributed by atoms with Gasteiger partial charge in [0.2, 0.25) is 0 Å². The second kappa shape index (κ2) is 7.97. The summed E-state index contributed by atoms with van der Waals surface area (Å²) in [7, 11) is 1.56. The van der Waals surface area contributed by atoms with Crippen molar-refractivity contribution in [1.29, 1.82) is 0 Å². The fourth-order valence-electron chi connectivity index (χ4n) is 3.30. The zero-order chi connectivity index (χ0) is 21.4. The van der Waals surface area contributed by atoms with Gasteiger partial charge in [0.1, 0.15) is 11.4 Å². The van der Waals surface area contributed by atoms with E-state index < -0.39 is 11.8 Å². The molecule has 3 aromatic rings. The van der Waals surface area contributed by atoms with E-state index in [1.54, 1.807) is 25.3 Å². The highest BCUT2D eigenvalue weighted by Gasteiger charge is 2.41. The van der Waals surface area contributed by atoms with Crippen LogP contribution in [0.3, 0.4) is 0 Å². The molecule has 4 rings (SSSR count). The van der Waals surface area contributed by atoms with Gasteiger partial charge in [-0.3, -0.25) is 9.59 Å². The molecule has 2 aromatic carbocycles. The molecule has 0 bridgehead atoms. The minimum atomic E-state index is -0.438. The van der Waals surface area contributed by atoms with Crippen LogP contribution in [0.5, 0.6) is 5.75 Å². The number of nitrogens with one attached hydrogen (secondary N) is 1. The van der Waals surface area contributed by atoms with E-state index in [1.165, 1.54) is 11.3 Å². The van der Waals surface area contributed by atoms with E-state index in [-0.39, 0.29) is 5.70 Å². The lowest BCUT2D eigenvalue weighted by Gasteiger charge is -2.17. The molecule has 1 N–H and O–H groups in total. The number of rotatable bonds is 5. The predicted molar refractivity (Wildman–Crippen MR) is 121 cm³/mol. The number of thiophene rings is 1. The number of ether oxygens (including phenoxy) is 1. The molecule has 2 heterocycles. The number of hydrogen-bond acceptors (Lipinski definition) is 5.